The number of carboxylic acids is 1. The first-order valence-electron chi connectivity index (χ1n) is 6.11. The van der Waals surface area contributed by atoms with Gasteiger partial charge in [0.05, 0.1) is 6.42 Å². The Morgan fingerprint density at radius 2 is 1.61 bits per heavy atom. The highest BCUT2D eigenvalue weighted by atomic mass is 16.5. The molecule has 0 aliphatic heterocycles. The van der Waals surface area contributed by atoms with Crippen LogP contribution in [0.15, 0.2) is 24.3 Å². The van der Waals surface area contributed by atoms with Crippen LogP contribution in [0.4, 0.5) is 0 Å². The van der Waals surface area contributed by atoms with Crippen molar-refractivity contribution in [3.05, 3.63) is 29.8 Å². The molecule has 0 bridgehead atoms. The van der Waals surface area contributed by atoms with Crippen LogP contribution >= 0.6 is 0 Å². The summed E-state index contributed by atoms with van der Waals surface area (Å²) >= 11 is 0. The van der Waals surface area contributed by atoms with E-state index in [2.05, 4.69) is 0 Å². The number of rotatable bonds is 4. The number of carbonyl (C=O) groups is 1. The first-order chi connectivity index (χ1) is 8.10. The van der Waals surface area contributed by atoms with Crippen LogP contribution in [-0.4, -0.2) is 16.7 Å². The Balaban J connectivity index is 2.85. The number of hydrogen-bond acceptors (Lipinski definition) is 2. The van der Waals surface area contributed by atoms with Gasteiger partial charge in [0.25, 0.3) is 0 Å². The molecule has 0 atom stereocenters. The van der Waals surface area contributed by atoms with Crippen molar-refractivity contribution in [3.8, 4) is 5.75 Å². The highest BCUT2D eigenvalue weighted by Crippen LogP contribution is 2.29. The Hall–Kier alpha value is -1.51. The summed E-state index contributed by atoms with van der Waals surface area (Å²) in [6, 6.07) is 7.66. The van der Waals surface area contributed by atoms with Gasteiger partial charge in [-0.1, -0.05) is 26.0 Å². The third kappa shape index (κ3) is 4.40. The Morgan fingerprint density at radius 1 is 1.11 bits per heavy atom. The summed E-state index contributed by atoms with van der Waals surface area (Å²) in [6.07, 6.45) is 0.118. The third-order valence-electron chi connectivity index (χ3n) is 2.65. The number of ether oxygens (including phenoxy) is 1. The first-order valence-corrected chi connectivity index (χ1v) is 6.11. The second-order valence-electron chi connectivity index (χ2n) is 6.19. The van der Waals surface area contributed by atoms with Crippen LogP contribution in [0, 0.1) is 0 Å². The molecular formula is C15H22O3. The molecular weight excluding hydrogens is 228 g/mol. The molecule has 0 fully saturated rings. The molecule has 0 aromatic heterocycles. The molecule has 1 aromatic carbocycles. The molecule has 3 nitrogen and oxygen atoms in total. The van der Waals surface area contributed by atoms with Gasteiger partial charge in [-0.25, -0.2) is 0 Å². The summed E-state index contributed by atoms with van der Waals surface area (Å²) in [7, 11) is 0. The Bertz CT molecular complexity index is 410. The van der Waals surface area contributed by atoms with Gasteiger partial charge in [-0.15, -0.1) is 0 Å². The predicted molar refractivity (Wildman–Crippen MR) is 72.1 cm³/mol. The monoisotopic (exact) mass is 250 g/mol. The molecule has 3 heteroatoms. The van der Waals surface area contributed by atoms with E-state index in [1.165, 1.54) is 0 Å². The van der Waals surface area contributed by atoms with Crippen LogP contribution in [0.25, 0.3) is 0 Å². The van der Waals surface area contributed by atoms with Crippen LogP contribution in [0.1, 0.15) is 46.6 Å². The van der Waals surface area contributed by atoms with Crippen LogP contribution < -0.4 is 4.74 Å². The quantitative estimate of drug-likeness (QED) is 0.887. The van der Waals surface area contributed by atoms with Gasteiger partial charge in [0.2, 0.25) is 0 Å². The van der Waals surface area contributed by atoms with E-state index in [1.54, 1.807) is 0 Å². The first kappa shape index (κ1) is 14.6. The number of carboxylic acid groups (broad SMARTS) is 1. The van der Waals surface area contributed by atoms with Gasteiger partial charge in [0, 0.05) is 5.41 Å². The van der Waals surface area contributed by atoms with Gasteiger partial charge in [0.1, 0.15) is 11.4 Å². The van der Waals surface area contributed by atoms with Crippen LogP contribution in [-0.2, 0) is 10.2 Å². The van der Waals surface area contributed by atoms with E-state index >= 15 is 0 Å². The Labute approximate surface area is 109 Å². The fourth-order valence-corrected chi connectivity index (χ4v) is 1.81. The van der Waals surface area contributed by atoms with Crippen molar-refractivity contribution in [2.45, 2.75) is 52.1 Å². The summed E-state index contributed by atoms with van der Waals surface area (Å²) in [5, 5.41) is 8.89. The summed E-state index contributed by atoms with van der Waals surface area (Å²) in [4.78, 5) is 10.8. The van der Waals surface area contributed by atoms with Crippen LogP contribution in [0.3, 0.4) is 0 Å². The lowest BCUT2D eigenvalue weighted by atomic mass is 9.81. The lowest BCUT2D eigenvalue weighted by molar-refractivity contribution is -0.138. The van der Waals surface area contributed by atoms with Gasteiger partial charge in [0.15, 0.2) is 0 Å². The lowest BCUT2D eigenvalue weighted by Gasteiger charge is -2.25. The average molecular weight is 250 g/mol. The van der Waals surface area contributed by atoms with E-state index in [0.29, 0.717) is 0 Å². The molecule has 0 unspecified atom stereocenters. The Kier molecular flexibility index (Phi) is 4.05. The molecule has 0 heterocycles. The average Bonchev–Trinajstić information content (AvgIpc) is 2.13. The van der Waals surface area contributed by atoms with E-state index in [4.69, 9.17) is 9.84 Å². The van der Waals surface area contributed by atoms with Gasteiger partial charge < -0.3 is 9.84 Å². The van der Waals surface area contributed by atoms with Gasteiger partial charge in [-0.2, -0.15) is 0 Å². The molecule has 0 aliphatic carbocycles. The predicted octanol–water partition coefficient (Wildman–Crippen LogP) is 3.62. The largest absolute Gasteiger partial charge is 0.488 e. The Morgan fingerprint density at radius 3 is 2.00 bits per heavy atom. The molecule has 1 aromatic rings. The van der Waals surface area contributed by atoms with Crippen molar-refractivity contribution in [1.29, 1.82) is 0 Å². The molecule has 1 rings (SSSR count). The van der Waals surface area contributed by atoms with E-state index in [-0.39, 0.29) is 17.4 Å². The van der Waals surface area contributed by atoms with E-state index in [1.807, 2.05) is 58.9 Å². The fourth-order valence-electron chi connectivity index (χ4n) is 1.81. The summed E-state index contributed by atoms with van der Waals surface area (Å²) in [5.41, 5.74) is 0.413. The summed E-state index contributed by atoms with van der Waals surface area (Å²) in [5.74, 6) is 0.0207. The summed E-state index contributed by atoms with van der Waals surface area (Å²) in [6.45, 7) is 9.85. The molecule has 0 saturated heterocycles. The minimum atomic E-state index is -0.782. The second-order valence-corrected chi connectivity index (χ2v) is 6.19. The molecule has 0 aliphatic rings. The zero-order valence-corrected chi connectivity index (χ0v) is 11.8. The minimum Gasteiger partial charge on any atom is -0.488 e. The second kappa shape index (κ2) is 5.01. The van der Waals surface area contributed by atoms with Crippen LogP contribution in [0.2, 0.25) is 0 Å². The molecule has 1 N–H and O–H groups in total. The molecule has 0 saturated carbocycles. The molecule has 18 heavy (non-hydrogen) atoms. The van der Waals surface area contributed by atoms with Gasteiger partial charge >= 0.3 is 5.97 Å². The zero-order valence-electron chi connectivity index (χ0n) is 11.8. The fraction of sp³-hybridized carbons (Fsp3) is 0.533. The number of hydrogen-bond donors (Lipinski definition) is 1. The summed E-state index contributed by atoms with van der Waals surface area (Å²) < 4.78 is 5.73. The van der Waals surface area contributed by atoms with Crippen molar-refractivity contribution in [2.75, 3.05) is 0 Å². The highest BCUT2D eigenvalue weighted by molar-refractivity contribution is 5.68. The smallest absolute Gasteiger partial charge is 0.304 e. The maximum Gasteiger partial charge on any atom is 0.304 e. The maximum atomic E-state index is 10.8. The normalized spacial score (nSPS) is 12.3. The zero-order chi connectivity index (χ0) is 14.0. The highest BCUT2D eigenvalue weighted by Gasteiger charge is 2.24. The van der Waals surface area contributed by atoms with Crippen molar-refractivity contribution in [1.82, 2.24) is 0 Å². The van der Waals surface area contributed by atoms with Gasteiger partial charge in [-0.05, 0) is 38.5 Å². The number of aliphatic carboxylic acids is 1. The molecule has 0 spiro atoms. The molecule has 0 radical (unpaired) electrons. The lowest BCUT2D eigenvalue weighted by Crippen LogP contribution is -2.23. The van der Waals surface area contributed by atoms with Crippen LogP contribution in [0.5, 0.6) is 5.75 Å². The maximum absolute atomic E-state index is 10.8. The minimum absolute atomic E-state index is 0.118. The van der Waals surface area contributed by atoms with Crippen molar-refractivity contribution >= 4 is 5.97 Å². The standard InChI is InChI=1S/C15H22O3/c1-14(2,3)18-12-8-6-11(7-9-12)15(4,5)10-13(16)17/h6-9H,10H2,1-5H3,(H,16,17). The molecule has 0 amide bonds. The van der Waals surface area contributed by atoms with Gasteiger partial charge in [-0.3, -0.25) is 4.79 Å². The van der Waals surface area contributed by atoms with E-state index in [9.17, 15) is 4.79 Å². The van der Waals surface area contributed by atoms with E-state index in [0.717, 1.165) is 11.3 Å². The van der Waals surface area contributed by atoms with Crippen molar-refractivity contribution in [3.63, 3.8) is 0 Å². The van der Waals surface area contributed by atoms with Crippen molar-refractivity contribution in [2.24, 2.45) is 0 Å². The topological polar surface area (TPSA) is 46.5 Å². The third-order valence-corrected chi connectivity index (χ3v) is 2.65. The SMILES string of the molecule is CC(C)(C)Oc1ccc(C(C)(C)CC(=O)O)cc1. The number of benzene rings is 1. The van der Waals surface area contributed by atoms with Crippen molar-refractivity contribution < 1.29 is 14.6 Å². The molecule has 100 valence electrons. The van der Waals surface area contributed by atoms with E-state index < -0.39 is 5.97 Å².